The van der Waals surface area contributed by atoms with Crippen LogP contribution in [-0.4, -0.2) is 56.0 Å². The zero-order chi connectivity index (χ0) is 24.4. The standard InChI is InChI=1S/C30H33N3O2/c1-4-23-6-5-7-28(35-3)29(23)24-12-13-27-25(19-24)26(30(34)31-27)18-21-8-10-22(11-9-21)20-33-16-14-32(2)15-17-33/h5-13,18-19H,4,14-17,20H2,1-3H3,(H,31,34)/b26-18+. The number of piperazine rings is 1. The molecule has 2 aliphatic heterocycles. The van der Waals surface area contributed by atoms with E-state index >= 15 is 0 Å². The predicted octanol–water partition coefficient (Wildman–Crippen LogP) is 5.16. The molecule has 1 saturated heterocycles. The van der Waals surface area contributed by atoms with Crippen molar-refractivity contribution in [3.63, 3.8) is 0 Å². The topological polar surface area (TPSA) is 44.8 Å². The number of likely N-dealkylation sites (N-methyl/N-ethyl adjacent to an activating group) is 1. The Labute approximate surface area is 208 Å². The van der Waals surface area contributed by atoms with Gasteiger partial charge in [-0.2, -0.15) is 0 Å². The zero-order valence-electron chi connectivity index (χ0n) is 20.8. The summed E-state index contributed by atoms with van der Waals surface area (Å²) in [5.41, 5.74) is 8.19. The smallest absolute Gasteiger partial charge is 0.256 e. The Morgan fingerprint density at radius 3 is 2.49 bits per heavy atom. The third-order valence-corrected chi connectivity index (χ3v) is 7.10. The Morgan fingerprint density at radius 2 is 1.77 bits per heavy atom. The third-order valence-electron chi connectivity index (χ3n) is 7.10. The van der Waals surface area contributed by atoms with Gasteiger partial charge in [-0.25, -0.2) is 0 Å². The number of rotatable bonds is 6. The first-order valence-electron chi connectivity index (χ1n) is 12.4. The van der Waals surface area contributed by atoms with Crippen LogP contribution in [0.2, 0.25) is 0 Å². The maximum Gasteiger partial charge on any atom is 0.256 e. The van der Waals surface area contributed by atoms with E-state index in [-0.39, 0.29) is 5.91 Å². The van der Waals surface area contributed by atoms with E-state index in [4.69, 9.17) is 4.74 Å². The van der Waals surface area contributed by atoms with Crippen LogP contribution in [0.5, 0.6) is 5.75 Å². The van der Waals surface area contributed by atoms with E-state index < -0.39 is 0 Å². The summed E-state index contributed by atoms with van der Waals surface area (Å²) in [6, 6.07) is 20.9. The highest BCUT2D eigenvalue weighted by molar-refractivity contribution is 6.35. The molecule has 1 amide bonds. The summed E-state index contributed by atoms with van der Waals surface area (Å²) in [5, 5.41) is 3.02. The van der Waals surface area contributed by atoms with Crippen LogP contribution in [-0.2, 0) is 17.8 Å². The quantitative estimate of drug-likeness (QED) is 0.509. The van der Waals surface area contributed by atoms with Gasteiger partial charge < -0.3 is 15.0 Å². The van der Waals surface area contributed by atoms with Crippen molar-refractivity contribution in [2.75, 3.05) is 45.7 Å². The second kappa shape index (κ2) is 10.1. The molecule has 5 nitrogen and oxygen atoms in total. The van der Waals surface area contributed by atoms with Crippen molar-refractivity contribution in [2.24, 2.45) is 0 Å². The highest BCUT2D eigenvalue weighted by Gasteiger charge is 2.25. The van der Waals surface area contributed by atoms with Gasteiger partial charge in [-0.15, -0.1) is 0 Å². The van der Waals surface area contributed by atoms with E-state index in [0.717, 1.165) is 72.8 Å². The number of nitrogens with zero attached hydrogens (tertiary/aromatic N) is 2. The number of ether oxygens (including phenoxy) is 1. The molecular formula is C30H33N3O2. The van der Waals surface area contributed by atoms with Gasteiger partial charge in [0.05, 0.1) is 7.11 Å². The number of carbonyl (C=O) groups excluding carboxylic acids is 1. The van der Waals surface area contributed by atoms with Crippen LogP contribution in [0.15, 0.2) is 60.7 Å². The van der Waals surface area contributed by atoms with Crippen molar-refractivity contribution >= 4 is 23.2 Å². The van der Waals surface area contributed by atoms with Crippen LogP contribution < -0.4 is 10.1 Å². The van der Waals surface area contributed by atoms with Gasteiger partial charge in [0, 0.05) is 55.1 Å². The molecule has 35 heavy (non-hydrogen) atoms. The Balaban J connectivity index is 1.42. The van der Waals surface area contributed by atoms with Crippen molar-refractivity contribution in [1.82, 2.24) is 9.80 Å². The molecule has 0 aliphatic carbocycles. The highest BCUT2D eigenvalue weighted by atomic mass is 16.5. The van der Waals surface area contributed by atoms with Crippen molar-refractivity contribution in [1.29, 1.82) is 0 Å². The minimum absolute atomic E-state index is 0.0607. The lowest BCUT2D eigenvalue weighted by molar-refractivity contribution is -0.110. The Kier molecular flexibility index (Phi) is 6.71. The minimum Gasteiger partial charge on any atom is -0.496 e. The fourth-order valence-corrected chi connectivity index (χ4v) is 5.01. The summed E-state index contributed by atoms with van der Waals surface area (Å²) in [6.07, 6.45) is 2.90. The van der Waals surface area contributed by atoms with Gasteiger partial charge in [-0.1, -0.05) is 49.4 Å². The number of amides is 1. The lowest BCUT2D eigenvalue weighted by atomic mass is 9.93. The molecule has 0 atom stereocenters. The summed E-state index contributed by atoms with van der Waals surface area (Å²) >= 11 is 0. The number of carbonyl (C=O) groups is 1. The van der Waals surface area contributed by atoms with E-state index in [1.165, 1.54) is 11.1 Å². The number of aryl methyl sites for hydroxylation is 1. The largest absolute Gasteiger partial charge is 0.496 e. The molecule has 2 aliphatic rings. The molecule has 5 heteroatoms. The number of benzene rings is 3. The zero-order valence-corrected chi connectivity index (χ0v) is 20.8. The van der Waals surface area contributed by atoms with Crippen LogP contribution in [0.3, 0.4) is 0 Å². The minimum atomic E-state index is -0.0607. The molecule has 1 N–H and O–H groups in total. The maximum atomic E-state index is 12.9. The Bertz CT molecular complexity index is 1230. The van der Waals surface area contributed by atoms with Gasteiger partial charge in [-0.05, 0) is 60.0 Å². The molecule has 3 aromatic carbocycles. The molecule has 5 rings (SSSR count). The summed E-state index contributed by atoms with van der Waals surface area (Å²) in [4.78, 5) is 17.7. The van der Waals surface area contributed by atoms with Crippen LogP contribution in [0.25, 0.3) is 22.8 Å². The van der Waals surface area contributed by atoms with Gasteiger partial charge in [0.25, 0.3) is 5.91 Å². The van der Waals surface area contributed by atoms with Crippen LogP contribution in [0.1, 0.15) is 29.2 Å². The molecule has 0 spiro atoms. The van der Waals surface area contributed by atoms with Crippen LogP contribution >= 0.6 is 0 Å². The van der Waals surface area contributed by atoms with Gasteiger partial charge in [0.1, 0.15) is 5.75 Å². The van der Waals surface area contributed by atoms with Gasteiger partial charge in [0.2, 0.25) is 0 Å². The molecular weight excluding hydrogens is 434 g/mol. The Morgan fingerprint density at radius 1 is 1.00 bits per heavy atom. The van der Waals surface area contributed by atoms with E-state index in [1.807, 2.05) is 24.3 Å². The predicted molar refractivity (Wildman–Crippen MR) is 144 cm³/mol. The van der Waals surface area contributed by atoms with Gasteiger partial charge >= 0.3 is 0 Å². The second-order valence-corrected chi connectivity index (χ2v) is 9.44. The van der Waals surface area contributed by atoms with E-state index in [2.05, 4.69) is 71.6 Å². The van der Waals surface area contributed by atoms with Gasteiger partial charge in [0.15, 0.2) is 0 Å². The first-order chi connectivity index (χ1) is 17.1. The molecule has 0 bridgehead atoms. The first kappa shape index (κ1) is 23.3. The summed E-state index contributed by atoms with van der Waals surface area (Å²) in [5.74, 6) is 0.789. The number of fused-ring (bicyclic) bond motifs is 1. The molecule has 1 fully saturated rings. The maximum absolute atomic E-state index is 12.9. The normalized spacial score (nSPS) is 17.5. The van der Waals surface area contributed by atoms with Gasteiger partial charge in [-0.3, -0.25) is 9.69 Å². The third kappa shape index (κ3) is 4.88. The van der Waals surface area contributed by atoms with E-state index in [0.29, 0.717) is 5.57 Å². The number of hydrogen-bond acceptors (Lipinski definition) is 4. The summed E-state index contributed by atoms with van der Waals surface area (Å²) in [6.45, 7) is 7.57. The monoisotopic (exact) mass is 467 g/mol. The second-order valence-electron chi connectivity index (χ2n) is 9.44. The Hall–Kier alpha value is -3.41. The molecule has 3 aromatic rings. The van der Waals surface area contributed by atoms with Crippen LogP contribution in [0.4, 0.5) is 5.69 Å². The molecule has 180 valence electrons. The lowest BCUT2D eigenvalue weighted by Gasteiger charge is -2.32. The summed E-state index contributed by atoms with van der Waals surface area (Å²) < 4.78 is 5.67. The molecule has 0 saturated carbocycles. The average molecular weight is 468 g/mol. The van der Waals surface area contributed by atoms with Crippen LogP contribution in [0, 0.1) is 0 Å². The fourth-order valence-electron chi connectivity index (χ4n) is 5.01. The molecule has 0 unspecified atom stereocenters. The number of nitrogens with one attached hydrogen (secondary N) is 1. The summed E-state index contributed by atoms with van der Waals surface area (Å²) in [7, 11) is 3.88. The van der Waals surface area contributed by atoms with E-state index in [9.17, 15) is 4.79 Å². The van der Waals surface area contributed by atoms with Crippen molar-refractivity contribution in [3.05, 3.63) is 82.9 Å². The lowest BCUT2D eigenvalue weighted by Crippen LogP contribution is -2.43. The van der Waals surface area contributed by atoms with Crippen molar-refractivity contribution in [3.8, 4) is 16.9 Å². The number of methoxy groups -OCH3 is 1. The molecule has 0 aromatic heterocycles. The number of hydrogen-bond donors (Lipinski definition) is 1. The fraction of sp³-hybridized carbons (Fsp3) is 0.300. The molecule has 2 heterocycles. The van der Waals surface area contributed by atoms with Crippen molar-refractivity contribution in [2.45, 2.75) is 19.9 Å². The SMILES string of the molecule is CCc1cccc(OC)c1-c1ccc2c(c1)/C(=C\c1ccc(CN3CCN(C)CC3)cc1)C(=O)N2. The first-order valence-corrected chi connectivity index (χ1v) is 12.4. The van der Waals surface area contributed by atoms with Crippen molar-refractivity contribution < 1.29 is 9.53 Å². The average Bonchev–Trinajstić information content (AvgIpc) is 3.20. The highest BCUT2D eigenvalue weighted by Crippen LogP contribution is 2.40. The number of anilines is 1. The molecule has 0 radical (unpaired) electrons. The van der Waals surface area contributed by atoms with E-state index in [1.54, 1.807) is 7.11 Å².